The molecule has 2 unspecified atom stereocenters. The zero-order valence-electron chi connectivity index (χ0n) is 10.8. The molecule has 1 heterocycles. The van der Waals surface area contributed by atoms with Crippen molar-refractivity contribution >= 4 is 17.8 Å². The molecule has 2 fully saturated rings. The summed E-state index contributed by atoms with van der Waals surface area (Å²) in [6, 6.07) is 0. The first kappa shape index (κ1) is 13.1. The van der Waals surface area contributed by atoms with Gasteiger partial charge in [0.2, 0.25) is 11.8 Å². The van der Waals surface area contributed by atoms with Crippen molar-refractivity contribution in [3.63, 3.8) is 0 Å². The number of amides is 2. The third-order valence-electron chi connectivity index (χ3n) is 4.17. The minimum atomic E-state index is -0.390. The number of carbonyl (C=O) groups excluding carboxylic acids is 3. The molecule has 1 aliphatic heterocycles. The molecule has 5 nitrogen and oxygen atoms in total. The topological polar surface area (TPSA) is 63.7 Å². The summed E-state index contributed by atoms with van der Waals surface area (Å²) in [4.78, 5) is 36.5. The molecule has 0 radical (unpaired) electrons. The number of hydrogen-bond acceptors (Lipinski definition) is 4. The largest absolute Gasteiger partial charge is 0.469 e. The van der Waals surface area contributed by atoms with Crippen LogP contribution < -0.4 is 0 Å². The van der Waals surface area contributed by atoms with Gasteiger partial charge in [-0.05, 0) is 18.8 Å². The maximum atomic E-state index is 12.1. The lowest BCUT2D eigenvalue weighted by atomic mass is 10.00. The van der Waals surface area contributed by atoms with Crippen molar-refractivity contribution in [1.82, 2.24) is 4.90 Å². The molecular formula is C13H19NO4. The van der Waals surface area contributed by atoms with Crippen molar-refractivity contribution in [2.24, 2.45) is 17.8 Å². The van der Waals surface area contributed by atoms with E-state index < -0.39 is 0 Å². The highest BCUT2D eigenvalue weighted by molar-refractivity contribution is 6.05. The fraction of sp³-hybridized carbons (Fsp3) is 0.769. The van der Waals surface area contributed by atoms with Crippen molar-refractivity contribution in [2.45, 2.75) is 32.6 Å². The Labute approximate surface area is 106 Å². The molecule has 2 amide bonds. The number of carbonyl (C=O) groups is 3. The predicted octanol–water partition coefficient (Wildman–Crippen LogP) is 0.971. The molecule has 0 N–H and O–H groups in total. The highest BCUT2D eigenvalue weighted by atomic mass is 16.5. The van der Waals surface area contributed by atoms with Gasteiger partial charge in [0.05, 0.1) is 25.4 Å². The van der Waals surface area contributed by atoms with Crippen LogP contribution in [0.5, 0.6) is 0 Å². The Bertz CT molecular complexity index is 355. The van der Waals surface area contributed by atoms with Gasteiger partial charge in [-0.15, -0.1) is 0 Å². The minimum absolute atomic E-state index is 0.0879. The highest BCUT2D eigenvalue weighted by Gasteiger charge is 2.51. The Balaban J connectivity index is 1.98. The summed E-state index contributed by atoms with van der Waals surface area (Å²) >= 11 is 0. The van der Waals surface area contributed by atoms with Crippen LogP contribution in [0.15, 0.2) is 0 Å². The molecular weight excluding hydrogens is 234 g/mol. The number of esters is 1. The van der Waals surface area contributed by atoms with Gasteiger partial charge < -0.3 is 4.74 Å². The third kappa shape index (κ3) is 2.13. The number of fused-ring (bicyclic) bond motifs is 1. The first-order valence-corrected chi connectivity index (χ1v) is 6.50. The lowest BCUT2D eigenvalue weighted by Crippen LogP contribution is -2.34. The fourth-order valence-electron chi connectivity index (χ4n) is 3.06. The van der Waals surface area contributed by atoms with Crippen LogP contribution in [0.4, 0.5) is 0 Å². The molecule has 100 valence electrons. The van der Waals surface area contributed by atoms with E-state index in [2.05, 4.69) is 11.7 Å². The van der Waals surface area contributed by atoms with Gasteiger partial charge in [-0.2, -0.15) is 0 Å². The van der Waals surface area contributed by atoms with Crippen LogP contribution in [-0.2, 0) is 19.1 Å². The summed E-state index contributed by atoms with van der Waals surface area (Å²) in [5, 5.41) is 0. The molecule has 0 aromatic heterocycles. The second kappa shape index (κ2) is 5.08. The van der Waals surface area contributed by atoms with Crippen molar-refractivity contribution in [3.05, 3.63) is 0 Å². The van der Waals surface area contributed by atoms with E-state index >= 15 is 0 Å². The van der Waals surface area contributed by atoms with E-state index in [1.54, 1.807) is 0 Å². The Morgan fingerprint density at radius 3 is 2.28 bits per heavy atom. The third-order valence-corrected chi connectivity index (χ3v) is 4.17. The molecule has 2 rings (SSSR count). The van der Waals surface area contributed by atoms with Crippen molar-refractivity contribution in [1.29, 1.82) is 0 Å². The number of methoxy groups -OCH3 is 1. The minimum Gasteiger partial charge on any atom is -0.469 e. The van der Waals surface area contributed by atoms with Crippen LogP contribution in [0.3, 0.4) is 0 Å². The zero-order valence-corrected chi connectivity index (χ0v) is 10.8. The van der Waals surface area contributed by atoms with Crippen LogP contribution in [0, 0.1) is 17.8 Å². The normalized spacial score (nSPS) is 30.8. The molecule has 0 aromatic carbocycles. The zero-order chi connectivity index (χ0) is 13.3. The lowest BCUT2D eigenvalue weighted by molar-refractivity contribution is -0.144. The van der Waals surface area contributed by atoms with Crippen LogP contribution in [0.2, 0.25) is 0 Å². The van der Waals surface area contributed by atoms with E-state index in [1.165, 1.54) is 12.0 Å². The molecule has 1 saturated carbocycles. The second-order valence-corrected chi connectivity index (χ2v) is 5.11. The Kier molecular flexibility index (Phi) is 3.68. The quantitative estimate of drug-likeness (QED) is 0.553. The number of likely N-dealkylation sites (tertiary alicyclic amines) is 1. The molecule has 1 aliphatic carbocycles. The number of nitrogens with zero attached hydrogens (tertiary/aromatic N) is 1. The van der Waals surface area contributed by atoms with Gasteiger partial charge in [0, 0.05) is 6.54 Å². The second-order valence-electron chi connectivity index (χ2n) is 5.11. The van der Waals surface area contributed by atoms with E-state index in [-0.39, 0.29) is 42.6 Å². The Morgan fingerprint density at radius 1 is 1.28 bits per heavy atom. The summed E-state index contributed by atoms with van der Waals surface area (Å²) in [6.07, 6.45) is 2.75. The van der Waals surface area contributed by atoms with Gasteiger partial charge in [-0.25, -0.2) is 0 Å². The number of hydrogen-bond donors (Lipinski definition) is 0. The van der Waals surface area contributed by atoms with Gasteiger partial charge in [-0.1, -0.05) is 13.3 Å². The smallest absolute Gasteiger partial charge is 0.307 e. The number of imide groups is 1. The molecule has 2 aliphatic rings. The molecule has 2 atom stereocenters. The summed E-state index contributed by atoms with van der Waals surface area (Å²) in [6.45, 7) is 2.25. The Hall–Kier alpha value is -1.39. The van der Waals surface area contributed by atoms with Crippen LogP contribution in [0.25, 0.3) is 0 Å². The lowest BCUT2D eigenvalue weighted by Gasteiger charge is -2.16. The highest BCUT2D eigenvalue weighted by Crippen LogP contribution is 2.44. The summed E-state index contributed by atoms with van der Waals surface area (Å²) in [7, 11) is 1.30. The van der Waals surface area contributed by atoms with Gasteiger partial charge >= 0.3 is 5.97 Å². The first-order valence-electron chi connectivity index (χ1n) is 6.50. The molecule has 0 bridgehead atoms. The average molecular weight is 253 g/mol. The molecule has 0 aromatic rings. The van der Waals surface area contributed by atoms with Crippen LogP contribution >= 0.6 is 0 Å². The van der Waals surface area contributed by atoms with E-state index in [4.69, 9.17) is 0 Å². The molecule has 18 heavy (non-hydrogen) atoms. The van der Waals surface area contributed by atoms with E-state index in [0.29, 0.717) is 5.92 Å². The van der Waals surface area contributed by atoms with Crippen molar-refractivity contribution in [3.8, 4) is 0 Å². The van der Waals surface area contributed by atoms with Crippen molar-refractivity contribution in [2.75, 3.05) is 13.7 Å². The average Bonchev–Trinajstić information content (AvgIpc) is 2.89. The van der Waals surface area contributed by atoms with Crippen LogP contribution in [0.1, 0.15) is 32.6 Å². The first-order chi connectivity index (χ1) is 8.58. The standard InChI is InChI=1S/C13H19NO4/c1-3-8-6-9-10(7-8)13(17)14(12(9)16)5-4-11(15)18-2/h8-10H,3-7H2,1-2H3. The van der Waals surface area contributed by atoms with Gasteiger partial charge in [0.15, 0.2) is 0 Å². The SMILES string of the molecule is CCC1CC2C(=O)N(CCC(=O)OC)C(=O)C2C1. The molecule has 5 heteroatoms. The summed E-state index contributed by atoms with van der Waals surface area (Å²) < 4.78 is 4.52. The maximum absolute atomic E-state index is 12.1. The monoisotopic (exact) mass is 253 g/mol. The fourth-order valence-corrected chi connectivity index (χ4v) is 3.06. The Morgan fingerprint density at radius 2 is 1.83 bits per heavy atom. The van der Waals surface area contributed by atoms with Gasteiger partial charge in [0.25, 0.3) is 0 Å². The predicted molar refractivity (Wildman–Crippen MR) is 63.3 cm³/mol. The van der Waals surface area contributed by atoms with E-state index in [1.807, 2.05) is 0 Å². The van der Waals surface area contributed by atoms with E-state index in [9.17, 15) is 14.4 Å². The van der Waals surface area contributed by atoms with Crippen LogP contribution in [-0.4, -0.2) is 36.3 Å². The molecule has 0 spiro atoms. The maximum Gasteiger partial charge on any atom is 0.307 e. The van der Waals surface area contributed by atoms with Gasteiger partial charge in [0.1, 0.15) is 0 Å². The molecule has 1 saturated heterocycles. The number of rotatable bonds is 4. The number of ether oxygens (including phenoxy) is 1. The summed E-state index contributed by atoms with van der Waals surface area (Å²) in [5.41, 5.74) is 0. The van der Waals surface area contributed by atoms with Crippen molar-refractivity contribution < 1.29 is 19.1 Å². The van der Waals surface area contributed by atoms with Gasteiger partial charge in [-0.3, -0.25) is 19.3 Å². The summed E-state index contributed by atoms with van der Waals surface area (Å²) in [5.74, 6) is -0.357. The van der Waals surface area contributed by atoms with E-state index in [0.717, 1.165) is 19.3 Å².